The summed E-state index contributed by atoms with van der Waals surface area (Å²) in [4.78, 5) is 0. The van der Waals surface area contributed by atoms with E-state index in [9.17, 15) is 0 Å². The summed E-state index contributed by atoms with van der Waals surface area (Å²) in [5.74, 6) is 0. The number of hydrogen-bond acceptors (Lipinski definition) is 3. The number of unbranched alkanes of at least 4 members (excludes halogenated alkanes) is 1. The Balaban J connectivity index is 2.72. The van der Waals surface area contributed by atoms with Crippen LogP contribution < -0.4 is 4.57 Å². The van der Waals surface area contributed by atoms with E-state index in [1.807, 2.05) is 0 Å². The molecule has 0 unspecified atom stereocenters. The first kappa shape index (κ1) is 22.4. The van der Waals surface area contributed by atoms with Crippen molar-refractivity contribution in [2.24, 2.45) is 0 Å². The quantitative estimate of drug-likeness (QED) is 0.310. The van der Waals surface area contributed by atoms with E-state index in [4.69, 9.17) is 8.85 Å². The summed E-state index contributed by atoms with van der Waals surface area (Å²) in [7, 11) is -2.85. The predicted octanol–water partition coefficient (Wildman–Crippen LogP) is 5.57. The molecule has 25 heavy (non-hydrogen) atoms. The van der Waals surface area contributed by atoms with Crippen molar-refractivity contribution in [3.63, 3.8) is 0 Å². The minimum absolute atomic E-state index is 0.782. The standard InChI is InChI=1S/C20H39NO2Si2/c1-6-22-24(23-7-2)19-15-14-18-21(20-16-12-11-13-17-20)25(8-3,9-4)10-5/h11-13,16-17,24H,6-10,14-15,18-19H2,1-5H3. The minimum Gasteiger partial charge on any atom is -0.397 e. The Labute approximate surface area is 158 Å². The molecule has 144 valence electrons. The van der Waals surface area contributed by atoms with Gasteiger partial charge < -0.3 is 13.4 Å². The molecule has 0 aliphatic heterocycles. The molecule has 5 heteroatoms. The second-order valence-corrected chi connectivity index (χ2v) is 13.8. The van der Waals surface area contributed by atoms with Crippen LogP contribution in [0.5, 0.6) is 0 Å². The molecule has 0 N–H and O–H groups in total. The van der Waals surface area contributed by atoms with Gasteiger partial charge in [-0.15, -0.1) is 0 Å². The van der Waals surface area contributed by atoms with Crippen LogP contribution in [0.25, 0.3) is 0 Å². The smallest absolute Gasteiger partial charge is 0.321 e. The molecule has 0 bridgehead atoms. The zero-order chi connectivity index (χ0) is 18.5. The minimum atomic E-state index is -1.44. The number of hydrogen-bond donors (Lipinski definition) is 0. The SMILES string of the molecule is CCO[SiH](CCCCN(c1ccccc1)[Si](CC)(CC)CC)OCC. The van der Waals surface area contributed by atoms with Crippen molar-refractivity contribution in [1.29, 1.82) is 0 Å². The molecular weight excluding hydrogens is 342 g/mol. The second-order valence-electron chi connectivity index (χ2n) is 6.61. The molecule has 1 aromatic carbocycles. The van der Waals surface area contributed by atoms with Crippen molar-refractivity contribution < 1.29 is 8.85 Å². The maximum Gasteiger partial charge on any atom is 0.321 e. The van der Waals surface area contributed by atoms with E-state index in [1.165, 1.54) is 43.2 Å². The number of benzene rings is 1. The summed E-state index contributed by atoms with van der Waals surface area (Å²) < 4.78 is 14.4. The highest BCUT2D eigenvalue weighted by molar-refractivity contribution is 6.83. The molecule has 0 amide bonds. The van der Waals surface area contributed by atoms with Crippen molar-refractivity contribution in [3.8, 4) is 0 Å². The van der Waals surface area contributed by atoms with Gasteiger partial charge in [-0.25, -0.2) is 0 Å². The summed E-state index contributed by atoms with van der Waals surface area (Å²) >= 11 is 0. The number of nitrogens with zero attached hydrogens (tertiary/aromatic N) is 1. The molecule has 0 aromatic heterocycles. The molecule has 1 rings (SSSR count). The van der Waals surface area contributed by atoms with Gasteiger partial charge >= 0.3 is 9.28 Å². The third-order valence-electron chi connectivity index (χ3n) is 5.39. The molecule has 0 radical (unpaired) electrons. The molecule has 0 spiro atoms. The van der Waals surface area contributed by atoms with Gasteiger partial charge in [0.15, 0.2) is 8.24 Å². The van der Waals surface area contributed by atoms with Crippen LogP contribution in [0.4, 0.5) is 5.69 Å². The van der Waals surface area contributed by atoms with Gasteiger partial charge in [-0.2, -0.15) is 0 Å². The normalized spacial score (nSPS) is 11.9. The fourth-order valence-electron chi connectivity index (χ4n) is 3.74. The summed E-state index contributed by atoms with van der Waals surface area (Å²) in [6.07, 6.45) is 2.44. The van der Waals surface area contributed by atoms with Crippen molar-refractivity contribution in [1.82, 2.24) is 0 Å². The molecule has 0 aliphatic carbocycles. The topological polar surface area (TPSA) is 21.7 Å². The van der Waals surface area contributed by atoms with E-state index < -0.39 is 17.5 Å². The van der Waals surface area contributed by atoms with Crippen LogP contribution >= 0.6 is 0 Å². The first-order valence-corrected chi connectivity index (χ1v) is 14.6. The summed E-state index contributed by atoms with van der Waals surface area (Å²) in [5, 5.41) is 0. The Kier molecular flexibility index (Phi) is 11.4. The first-order chi connectivity index (χ1) is 12.2. The van der Waals surface area contributed by atoms with Gasteiger partial charge in [0.2, 0.25) is 0 Å². The fraction of sp³-hybridized carbons (Fsp3) is 0.700. The van der Waals surface area contributed by atoms with E-state index in [0.29, 0.717) is 0 Å². The lowest BCUT2D eigenvalue weighted by Gasteiger charge is -2.43. The van der Waals surface area contributed by atoms with E-state index in [0.717, 1.165) is 19.3 Å². The molecule has 0 aliphatic rings. The average Bonchev–Trinajstić information content (AvgIpc) is 2.66. The van der Waals surface area contributed by atoms with Crippen LogP contribution in [-0.4, -0.2) is 37.3 Å². The average molecular weight is 382 g/mol. The zero-order valence-corrected chi connectivity index (χ0v) is 19.2. The van der Waals surface area contributed by atoms with Crippen molar-refractivity contribution in [2.45, 2.75) is 71.6 Å². The fourth-order valence-corrected chi connectivity index (χ4v) is 9.51. The zero-order valence-electron chi connectivity index (χ0n) is 17.1. The lowest BCUT2D eigenvalue weighted by Crippen LogP contribution is -2.53. The van der Waals surface area contributed by atoms with Crippen molar-refractivity contribution >= 4 is 23.2 Å². The van der Waals surface area contributed by atoms with Crippen LogP contribution in [0.15, 0.2) is 30.3 Å². The van der Waals surface area contributed by atoms with E-state index in [-0.39, 0.29) is 0 Å². The van der Waals surface area contributed by atoms with E-state index >= 15 is 0 Å². The highest BCUT2D eigenvalue weighted by Crippen LogP contribution is 2.30. The molecule has 3 nitrogen and oxygen atoms in total. The molecule has 0 fully saturated rings. The third-order valence-corrected chi connectivity index (χ3v) is 13.3. The second kappa shape index (κ2) is 12.7. The Morgan fingerprint density at radius 1 is 0.840 bits per heavy atom. The van der Waals surface area contributed by atoms with Gasteiger partial charge in [-0.05, 0) is 63.0 Å². The van der Waals surface area contributed by atoms with Crippen LogP contribution in [0.2, 0.25) is 24.2 Å². The predicted molar refractivity (Wildman–Crippen MR) is 115 cm³/mol. The highest BCUT2D eigenvalue weighted by atomic mass is 28.3. The third kappa shape index (κ3) is 6.89. The van der Waals surface area contributed by atoms with E-state index in [1.54, 1.807) is 0 Å². The molecule has 0 saturated carbocycles. The summed E-state index contributed by atoms with van der Waals surface area (Å²) in [6.45, 7) is 14.0. The lowest BCUT2D eigenvalue weighted by molar-refractivity contribution is 0.212. The first-order valence-electron chi connectivity index (χ1n) is 10.2. The Bertz CT molecular complexity index is 426. The van der Waals surface area contributed by atoms with Gasteiger partial charge in [0.1, 0.15) is 0 Å². The summed E-state index contributed by atoms with van der Waals surface area (Å²) in [6, 6.07) is 16.2. The maximum absolute atomic E-state index is 5.82. The van der Waals surface area contributed by atoms with Crippen LogP contribution in [0.1, 0.15) is 47.5 Å². The molecule has 1 aromatic rings. The maximum atomic E-state index is 5.82. The van der Waals surface area contributed by atoms with Gasteiger partial charge in [-0.3, -0.25) is 0 Å². The van der Waals surface area contributed by atoms with Gasteiger partial charge in [0.25, 0.3) is 0 Å². The van der Waals surface area contributed by atoms with Gasteiger partial charge in [0, 0.05) is 25.4 Å². The lowest BCUT2D eigenvalue weighted by atomic mass is 10.3. The Hall–Kier alpha value is -0.626. The highest BCUT2D eigenvalue weighted by Gasteiger charge is 2.34. The van der Waals surface area contributed by atoms with E-state index in [2.05, 4.69) is 69.5 Å². The Morgan fingerprint density at radius 2 is 1.40 bits per heavy atom. The van der Waals surface area contributed by atoms with Crippen molar-refractivity contribution in [3.05, 3.63) is 30.3 Å². The largest absolute Gasteiger partial charge is 0.397 e. The van der Waals surface area contributed by atoms with Gasteiger partial charge in [0.05, 0.1) is 0 Å². The number of anilines is 1. The summed E-state index contributed by atoms with van der Waals surface area (Å²) in [5.41, 5.74) is 1.42. The Morgan fingerprint density at radius 3 is 1.88 bits per heavy atom. The number of rotatable bonds is 14. The van der Waals surface area contributed by atoms with Crippen LogP contribution in [0.3, 0.4) is 0 Å². The monoisotopic (exact) mass is 381 g/mol. The molecule has 0 heterocycles. The number of para-hydroxylation sites is 1. The molecule has 0 atom stereocenters. The van der Waals surface area contributed by atoms with Gasteiger partial charge in [-0.1, -0.05) is 39.0 Å². The molecular formula is C20H39NO2Si2. The van der Waals surface area contributed by atoms with Crippen LogP contribution in [-0.2, 0) is 8.85 Å². The molecule has 0 saturated heterocycles. The van der Waals surface area contributed by atoms with Crippen molar-refractivity contribution in [2.75, 3.05) is 24.3 Å². The van der Waals surface area contributed by atoms with Crippen LogP contribution in [0, 0.1) is 0 Å².